The predicted molar refractivity (Wildman–Crippen MR) is 454 cm³/mol. The molecule has 0 atom stereocenters. The monoisotopic (exact) mass is 1390 g/mol. The molecule has 3 heterocycles. The third-order valence-electron chi connectivity index (χ3n) is 22.5. The molecule has 2 aliphatic heterocycles. The normalized spacial score (nSPS) is 12.5. The second-order valence-electron chi connectivity index (χ2n) is 29.4. The van der Waals surface area contributed by atoms with Crippen molar-refractivity contribution >= 4 is 120 Å². The molecule has 17 aromatic rings. The minimum atomic E-state index is -3.19. The molecule has 0 spiro atoms. The molecule has 1 aromatic heterocycles. The van der Waals surface area contributed by atoms with Crippen molar-refractivity contribution in [2.45, 2.75) is 26.2 Å². The van der Waals surface area contributed by atoms with Crippen LogP contribution in [0.3, 0.4) is 0 Å². The summed E-state index contributed by atoms with van der Waals surface area (Å²) in [5.41, 5.74) is 20.6. The highest BCUT2D eigenvalue weighted by atomic mass is 28.3. The van der Waals surface area contributed by atoms with Crippen LogP contribution in [-0.2, 0) is 5.41 Å². The Morgan fingerprint density at radius 2 is 0.670 bits per heavy atom. The van der Waals surface area contributed by atoms with E-state index in [2.05, 4.69) is 431 Å². The molecule has 0 N–H and O–H groups in total. The van der Waals surface area contributed by atoms with Gasteiger partial charge in [-0.15, -0.1) is 0 Å². The van der Waals surface area contributed by atoms with E-state index in [9.17, 15) is 0 Å². The Kier molecular flexibility index (Phi) is 15.9. The second-order valence-corrected chi connectivity index (χ2v) is 37.0. The summed E-state index contributed by atoms with van der Waals surface area (Å²) in [7, 11) is -6.17. The van der Waals surface area contributed by atoms with Gasteiger partial charge in [0.2, 0.25) is 0 Å². The van der Waals surface area contributed by atoms with Crippen molar-refractivity contribution in [3.63, 3.8) is 0 Å². The fourth-order valence-corrected chi connectivity index (χ4v) is 27.1. The summed E-state index contributed by atoms with van der Waals surface area (Å²) in [4.78, 5) is 2.58. The van der Waals surface area contributed by atoms with Crippen LogP contribution >= 0.6 is 0 Å². The van der Waals surface area contributed by atoms with E-state index < -0.39 is 16.1 Å². The van der Waals surface area contributed by atoms with E-state index in [1.165, 1.54) is 85.5 Å². The standard InChI is InChI=1S/C100H75BN2OSi2/c1-100(2,3)77-56-62-94(89(66-77)73-35-15-6-16-36-73)103-95-61-55-76(72-53-57-83(58-54-72)105(79-39-17-7-18-40-79,80-41-19-8-20-42-80)84-47-29-37-74(63-84)70-31-11-4-12-32-70)65-91(95)101-90-60-59-86(69-97(90)104-98-68-78(67-96(103)99(98)101)102-92-51-27-25-49-87(92)88-50-26-28-52-93(88)102)106(81-43-21-9-22-44-81,82-45-23-10-24-46-82)85-48-30-38-75(64-85)71-33-13-5-14-34-71/h4-69H,1-3H3. The van der Waals surface area contributed by atoms with Crippen molar-refractivity contribution in [1.29, 1.82) is 0 Å². The van der Waals surface area contributed by atoms with Crippen LogP contribution < -0.4 is 67.5 Å². The first-order valence-corrected chi connectivity index (χ1v) is 41.0. The highest BCUT2D eigenvalue weighted by Crippen LogP contribution is 2.48. The fraction of sp³-hybridized carbons (Fsp3) is 0.0400. The average molecular weight is 1390 g/mol. The van der Waals surface area contributed by atoms with Gasteiger partial charge in [-0.2, -0.15) is 0 Å². The van der Waals surface area contributed by atoms with Gasteiger partial charge in [0, 0.05) is 33.8 Å². The van der Waals surface area contributed by atoms with Crippen molar-refractivity contribution in [2.75, 3.05) is 4.90 Å². The summed E-state index contributed by atoms with van der Waals surface area (Å²) in [5, 5.41) is 12.9. The molecule has 0 unspecified atom stereocenters. The first kappa shape index (κ1) is 64.3. The van der Waals surface area contributed by atoms with Gasteiger partial charge in [-0.25, -0.2) is 0 Å². The lowest BCUT2D eigenvalue weighted by Gasteiger charge is -2.42. The zero-order valence-corrected chi connectivity index (χ0v) is 61.5. The summed E-state index contributed by atoms with van der Waals surface area (Å²) < 4.78 is 10.5. The first-order valence-electron chi connectivity index (χ1n) is 37.0. The van der Waals surface area contributed by atoms with Crippen LogP contribution in [0.25, 0.3) is 72.0 Å². The summed E-state index contributed by atoms with van der Waals surface area (Å²) in [6, 6.07) is 151. The molecular formula is C100H75BN2OSi2. The maximum absolute atomic E-state index is 7.99. The SMILES string of the molecule is CC(C)(C)c1ccc(N2c3ccc(-c4ccc([Si](c5ccccc5)(c5ccccc5)c5cccc(-c6ccccc6)c5)cc4)cc3B3c4ccc([Si](c5ccccc5)(c5ccccc5)c5cccc(-c6ccccc6)c5)cc4Oc4cc(-n5c6ccccc6c6ccccc65)cc2c43)c(-c2ccccc2)c1. The number of rotatable bonds is 14. The van der Waals surface area contributed by atoms with E-state index in [-0.39, 0.29) is 12.1 Å². The number of nitrogens with zero attached hydrogens (tertiary/aromatic N) is 2. The van der Waals surface area contributed by atoms with E-state index >= 15 is 0 Å². The Bertz CT molecular complexity index is 6010. The van der Waals surface area contributed by atoms with Crippen molar-refractivity contribution < 1.29 is 4.74 Å². The molecule has 0 fully saturated rings. The second kappa shape index (κ2) is 26.3. The van der Waals surface area contributed by atoms with Gasteiger partial charge in [-0.3, -0.25) is 0 Å². The first-order chi connectivity index (χ1) is 52.2. The van der Waals surface area contributed by atoms with E-state index in [0.717, 1.165) is 78.5 Å². The van der Waals surface area contributed by atoms with Crippen LogP contribution in [0.15, 0.2) is 400 Å². The number of para-hydroxylation sites is 2. The molecule has 3 nitrogen and oxygen atoms in total. The summed E-state index contributed by atoms with van der Waals surface area (Å²) in [5.74, 6) is 1.69. The van der Waals surface area contributed by atoms with Gasteiger partial charge in [-0.05, 0) is 150 Å². The molecule has 0 amide bonds. The van der Waals surface area contributed by atoms with Gasteiger partial charge < -0.3 is 14.2 Å². The number of hydrogen-bond acceptors (Lipinski definition) is 2. The fourth-order valence-electron chi connectivity index (χ4n) is 17.6. The lowest BCUT2D eigenvalue weighted by atomic mass is 9.34. The number of benzene rings is 16. The molecule has 502 valence electrons. The van der Waals surface area contributed by atoms with Crippen LogP contribution in [0.1, 0.15) is 26.3 Å². The van der Waals surface area contributed by atoms with E-state index in [1.807, 2.05) is 0 Å². The number of ether oxygens (including phenoxy) is 1. The number of fused-ring (bicyclic) bond motifs is 7. The third kappa shape index (κ3) is 10.7. The average Bonchev–Trinajstić information content (AvgIpc) is 0.849. The predicted octanol–water partition coefficient (Wildman–Crippen LogP) is 17.9. The zero-order valence-electron chi connectivity index (χ0n) is 59.5. The van der Waals surface area contributed by atoms with E-state index in [0.29, 0.717) is 0 Å². The summed E-state index contributed by atoms with van der Waals surface area (Å²) in [6.45, 7) is 6.70. The minimum absolute atomic E-state index is 0.119. The molecule has 0 radical (unpaired) electrons. The third-order valence-corrected chi connectivity index (χ3v) is 32.0. The van der Waals surface area contributed by atoms with E-state index in [4.69, 9.17) is 4.74 Å². The van der Waals surface area contributed by atoms with Gasteiger partial charge in [-0.1, -0.05) is 373 Å². The smallest absolute Gasteiger partial charge is 0.256 e. The molecule has 6 heteroatoms. The molecule has 2 aliphatic rings. The Labute approximate surface area is 623 Å². The molecule has 106 heavy (non-hydrogen) atoms. The van der Waals surface area contributed by atoms with Gasteiger partial charge >= 0.3 is 0 Å². The zero-order chi connectivity index (χ0) is 70.9. The maximum Gasteiger partial charge on any atom is 0.256 e. The van der Waals surface area contributed by atoms with Crippen LogP contribution in [0.5, 0.6) is 11.5 Å². The van der Waals surface area contributed by atoms with Crippen LogP contribution in [-0.4, -0.2) is 27.4 Å². The molecular weight excluding hydrogens is 1310 g/mol. The Morgan fingerprint density at radius 3 is 1.19 bits per heavy atom. The van der Waals surface area contributed by atoms with Crippen LogP contribution in [0, 0.1) is 0 Å². The lowest BCUT2D eigenvalue weighted by molar-refractivity contribution is 0.487. The largest absolute Gasteiger partial charge is 0.458 e. The summed E-state index contributed by atoms with van der Waals surface area (Å²) >= 11 is 0. The number of aromatic nitrogens is 1. The number of hydrogen-bond donors (Lipinski definition) is 0. The Hall–Kier alpha value is -12.6. The number of anilines is 3. The molecule has 0 aliphatic carbocycles. The highest BCUT2D eigenvalue weighted by molar-refractivity contribution is 7.20. The topological polar surface area (TPSA) is 17.4 Å². The van der Waals surface area contributed by atoms with Crippen molar-refractivity contribution in [2.24, 2.45) is 0 Å². The molecule has 19 rings (SSSR count). The van der Waals surface area contributed by atoms with Crippen LogP contribution in [0.4, 0.5) is 17.1 Å². The molecule has 16 aromatic carbocycles. The Morgan fingerprint density at radius 1 is 0.274 bits per heavy atom. The highest BCUT2D eigenvalue weighted by Gasteiger charge is 2.47. The molecule has 0 saturated heterocycles. The van der Waals surface area contributed by atoms with Crippen molar-refractivity contribution in [3.05, 3.63) is 406 Å². The van der Waals surface area contributed by atoms with Gasteiger partial charge in [0.05, 0.1) is 22.4 Å². The van der Waals surface area contributed by atoms with Crippen molar-refractivity contribution in [1.82, 2.24) is 4.57 Å². The maximum atomic E-state index is 7.99. The van der Waals surface area contributed by atoms with Gasteiger partial charge in [0.1, 0.15) is 11.5 Å². The molecule has 0 saturated carbocycles. The Balaban J connectivity index is 0.869. The quantitative estimate of drug-likeness (QED) is 0.0797. The van der Waals surface area contributed by atoms with Gasteiger partial charge in [0.25, 0.3) is 6.71 Å². The van der Waals surface area contributed by atoms with E-state index in [1.54, 1.807) is 0 Å². The van der Waals surface area contributed by atoms with Gasteiger partial charge in [0.15, 0.2) is 16.1 Å². The van der Waals surface area contributed by atoms with Crippen molar-refractivity contribution in [3.8, 4) is 61.7 Å². The minimum Gasteiger partial charge on any atom is -0.458 e. The van der Waals surface area contributed by atoms with Crippen LogP contribution in [0.2, 0.25) is 0 Å². The summed E-state index contributed by atoms with van der Waals surface area (Å²) in [6.07, 6.45) is 0. The molecule has 0 bridgehead atoms. The lowest BCUT2D eigenvalue weighted by Crippen LogP contribution is -2.75.